The van der Waals surface area contributed by atoms with Gasteiger partial charge in [0.2, 0.25) is 6.33 Å². The second kappa shape index (κ2) is 7.77. The Bertz CT molecular complexity index is 834. The lowest BCUT2D eigenvalue weighted by Crippen LogP contribution is -2.31. The Morgan fingerprint density at radius 2 is 1.54 bits per heavy atom. The SMILES string of the molecule is COc1ccc(C[n+]2ccn(-c3c(C(C)C)cccc3C(C)C)c2)cc1. The quantitative estimate of drug-likeness (QED) is 0.568. The van der Waals surface area contributed by atoms with Gasteiger partial charge in [-0.3, -0.25) is 0 Å². The molecule has 2 aromatic carbocycles. The van der Waals surface area contributed by atoms with Gasteiger partial charge >= 0.3 is 0 Å². The van der Waals surface area contributed by atoms with E-state index in [9.17, 15) is 0 Å². The maximum Gasteiger partial charge on any atom is 0.249 e. The summed E-state index contributed by atoms with van der Waals surface area (Å²) < 4.78 is 9.74. The van der Waals surface area contributed by atoms with Crippen molar-refractivity contribution in [1.82, 2.24) is 4.57 Å². The van der Waals surface area contributed by atoms with Crippen LogP contribution in [0.1, 0.15) is 56.2 Å². The Morgan fingerprint density at radius 3 is 2.08 bits per heavy atom. The number of aromatic nitrogens is 2. The molecule has 0 atom stereocenters. The first-order valence-electron chi connectivity index (χ1n) is 9.32. The predicted molar refractivity (Wildman–Crippen MR) is 106 cm³/mol. The highest BCUT2D eigenvalue weighted by Crippen LogP contribution is 2.30. The number of benzene rings is 2. The van der Waals surface area contributed by atoms with Crippen molar-refractivity contribution >= 4 is 0 Å². The van der Waals surface area contributed by atoms with Crippen LogP contribution in [0.25, 0.3) is 5.69 Å². The molecule has 0 aliphatic carbocycles. The molecule has 0 spiro atoms. The monoisotopic (exact) mass is 349 g/mol. The van der Waals surface area contributed by atoms with Gasteiger partial charge in [0, 0.05) is 11.1 Å². The third-order valence-electron chi connectivity index (χ3n) is 4.82. The van der Waals surface area contributed by atoms with Crippen LogP contribution >= 0.6 is 0 Å². The Balaban J connectivity index is 1.94. The molecule has 3 nitrogen and oxygen atoms in total. The molecule has 26 heavy (non-hydrogen) atoms. The summed E-state index contributed by atoms with van der Waals surface area (Å²) in [4.78, 5) is 0. The molecule has 0 amide bonds. The van der Waals surface area contributed by atoms with Crippen molar-refractivity contribution in [2.45, 2.75) is 46.1 Å². The summed E-state index contributed by atoms with van der Waals surface area (Å²) in [6, 6.07) is 14.9. The normalized spacial score (nSPS) is 11.3. The van der Waals surface area contributed by atoms with Gasteiger partial charge < -0.3 is 4.74 Å². The van der Waals surface area contributed by atoms with Crippen LogP contribution in [-0.2, 0) is 6.54 Å². The molecule has 3 aromatic rings. The first kappa shape index (κ1) is 18.2. The van der Waals surface area contributed by atoms with Gasteiger partial charge in [-0.05, 0) is 29.5 Å². The van der Waals surface area contributed by atoms with Crippen LogP contribution in [0.15, 0.2) is 61.2 Å². The van der Waals surface area contributed by atoms with Gasteiger partial charge in [0.25, 0.3) is 0 Å². The first-order chi connectivity index (χ1) is 12.5. The van der Waals surface area contributed by atoms with Crippen molar-refractivity contribution in [3.05, 3.63) is 77.9 Å². The molecule has 1 aromatic heterocycles. The van der Waals surface area contributed by atoms with Crippen LogP contribution in [0.3, 0.4) is 0 Å². The minimum Gasteiger partial charge on any atom is -0.497 e. The first-order valence-corrected chi connectivity index (χ1v) is 9.32. The number of ether oxygens (including phenoxy) is 1. The highest BCUT2D eigenvalue weighted by atomic mass is 16.5. The van der Waals surface area contributed by atoms with Crippen LogP contribution in [0.5, 0.6) is 5.75 Å². The van der Waals surface area contributed by atoms with E-state index in [1.54, 1.807) is 7.11 Å². The van der Waals surface area contributed by atoms with Gasteiger partial charge in [-0.25, -0.2) is 9.13 Å². The molecule has 0 N–H and O–H groups in total. The fourth-order valence-electron chi connectivity index (χ4n) is 3.37. The molecule has 0 unspecified atom stereocenters. The van der Waals surface area contributed by atoms with Gasteiger partial charge in [-0.15, -0.1) is 0 Å². The van der Waals surface area contributed by atoms with Crippen LogP contribution in [-0.4, -0.2) is 11.7 Å². The van der Waals surface area contributed by atoms with Crippen LogP contribution in [0, 0.1) is 0 Å². The minimum absolute atomic E-state index is 0.487. The van der Waals surface area contributed by atoms with Crippen molar-refractivity contribution in [1.29, 1.82) is 0 Å². The molecule has 0 saturated heterocycles. The van der Waals surface area contributed by atoms with Gasteiger partial charge in [-0.1, -0.05) is 58.0 Å². The largest absolute Gasteiger partial charge is 0.497 e. The lowest BCUT2D eigenvalue weighted by molar-refractivity contribution is -0.687. The molecule has 136 valence electrons. The Morgan fingerprint density at radius 1 is 0.923 bits per heavy atom. The maximum absolute atomic E-state index is 5.24. The molecule has 0 aliphatic rings. The molecule has 0 aliphatic heterocycles. The highest BCUT2D eigenvalue weighted by molar-refractivity contribution is 5.50. The molecule has 0 fully saturated rings. The van der Waals surface area contributed by atoms with Gasteiger partial charge in [0.1, 0.15) is 30.4 Å². The minimum atomic E-state index is 0.487. The van der Waals surface area contributed by atoms with E-state index in [0.29, 0.717) is 11.8 Å². The second-order valence-corrected chi connectivity index (χ2v) is 7.44. The number of para-hydroxylation sites is 1. The van der Waals surface area contributed by atoms with Crippen molar-refractivity contribution in [3.8, 4) is 11.4 Å². The molecule has 0 bridgehead atoms. The summed E-state index contributed by atoms with van der Waals surface area (Å²) in [6.45, 7) is 9.89. The third-order valence-corrected chi connectivity index (χ3v) is 4.82. The predicted octanol–water partition coefficient (Wildman–Crippen LogP) is 5.07. The average Bonchev–Trinajstić information content (AvgIpc) is 3.09. The zero-order chi connectivity index (χ0) is 18.7. The van der Waals surface area contributed by atoms with E-state index in [1.165, 1.54) is 22.4 Å². The Hall–Kier alpha value is -2.55. The summed E-state index contributed by atoms with van der Waals surface area (Å²) in [6.07, 6.45) is 6.50. The standard InChI is InChI=1S/C23H29N2O/c1-17(2)21-7-6-8-22(18(3)4)23(21)25-14-13-24(16-25)15-19-9-11-20(26-5)12-10-19/h6-14,16-18H,15H2,1-5H3/q+1. The average molecular weight is 349 g/mol. The molecular formula is C23H29N2O+. The van der Waals surface area contributed by atoms with Crippen LogP contribution in [0.2, 0.25) is 0 Å². The zero-order valence-corrected chi connectivity index (χ0v) is 16.4. The van der Waals surface area contributed by atoms with Crippen molar-refractivity contribution in [2.24, 2.45) is 0 Å². The van der Waals surface area contributed by atoms with E-state index < -0.39 is 0 Å². The number of hydrogen-bond donors (Lipinski definition) is 0. The van der Waals surface area contributed by atoms with E-state index in [1.807, 2.05) is 12.1 Å². The summed E-state index contributed by atoms with van der Waals surface area (Å²) in [5, 5.41) is 0. The molecule has 0 radical (unpaired) electrons. The Labute approximate surface area is 156 Å². The van der Waals surface area contributed by atoms with Gasteiger partial charge in [0.05, 0.1) is 7.11 Å². The zero-order valence-electron chi connectivity index (χ0n) is 16.4. The van der Waals surface area contributed by atoms with Crippen LogP contribution < -0.4 is 9.30 Å². The Kier molecular flexibility index (Phi) is 5.46. The number of hydrogen-bond acceptors (Lipinski definition) is 1. The molecule has 3 rings (SSSR count). The van der Waals surface area contributed by atoms with E-state index >= 15 is 0 Å². The van der Waals surface area contributed by atoms with E-state index in [0.717, 1.165) is 12.3 Å². The molecule has 0 saturated carbocycles. The summed E-state index contributed by atoms with van der Waals surface area (Å²) >= 11 is 0. The second-order valence-electron chi connectivity index (χ2n) is 7.44. The third kappa shape index (κ3) is 3.82. The van der Waals surface area contributed by atoms with E-state index in [2.05, 4.69) is 85.9 Å². The molecular weight excluding hydrogens is 320 g/mol. The lowest BCUT2D eigenvalue weighted by atomic mass is 9.92. The van der Waals surface area contributed by atoms with E-state index in [-0.39, 0.29) is 0 Å². The lowest BCUT2D eigenvalue weighted by Gasteiger charge is -2.16. The highest BCUT2D eigenvalue weighted by Gasteiger charge is 2.20. The number of nitrogens with zero attached hydrogens (tertiary/aromatic N) is 2. The number of methoxy groups -OCH3 is 1. The fraction of sp³-hybridized carbons (Fsp3) is 0.348. The fourth-order valence-corrected chi connectivity index (χ4v) is 3.37. The van der Waals surface area contributed by atoms with Gasteiger partial charge in [-0.2, -0.15) is 0 Å². The number of rotatable bonds is 6. The van der Waals surface area contributed by atoms with Crippen molar-refractivity contribution < 1.29 is 9.30 Å². The number of imidazole rings is 1. The topological polar surface area (TPSA) is 18.0 Å². The summed E-state index contributed by atoms with van der Waals surface area (Å²) in [5.41, 5.74) is 5.37. The van der Waals surface area contributed by atoms with Crippen LogP contribution in [0.4, 0.5) is 0 Å². The van der Waals surface area contributed by atoms with Crippen molar-refractivity contribution in [2.75, 3.05) is 7.11 Å². The molecule has 1 heterocycles. The van der Waals surface area contributed by atoms with E-state index in [4.69, 9.17) is 4.74 Å². The molecule has 3 heteroatoms. The summed E-state index contributed by atoms with van der Waals surface area (Å²) in [5.74, 6) is 1.87. The smallest absolute Gasteiger partial charge is 0.249 e. The summed E-state index contributed by atoms with van der Waals surface area (Å²) in [7, 11) is 1.70. The van der Waals surface area contributed by atoms with Crippen molar-refractivity contribution in [3.63, 3.8) is 0 Å². The maximum atomic E-state index is 5.24. The van der Waals surface area contributed by atoms with Gasteiger partial charge in [0.15, 0.2) is 0 Å².